The predicted molar refractivity (Wildman–Crippen MR) is 117 cm³/mol. The lowest BCUT2D eigenvalue weighted by Gasteiger charge is -2.08. The second-order valence-electron chi connectivity index (χ2n) is 6.17. The van der Waals surface area contributed by atoms with Gasteiger partial charge in [0.15, 0.2) is 0 Å². The first-order valence-corrected chi connectivity index (χ1v) is 9.44. The standard InChI is InChI=1S/C24H22N2O6/c1-31-23(29)19(25-21(27)17-11-5-3-6-12-17)15-9-10-16-20(24(30)32-2)26-22(28)18-13-7-4-8-14-18/h3-16H,1-2H3,(H,25,27)(H,26,28)/b10-9+,19-15-,20-16+. The van der Waals surface area contributed by atoms with Crippen LogP contribution in [0.2, 0.25) is 0 Å². The summed E-state index contributed by atoms with van der Waals surface area (Å²) < 4.78 is 9.36. The fourth-order valence-electron chi connectivity index (χ4n) is 2.41. The van der Waals surface area contributed by atoms with Crippen molar-refractivity contribution in [2.24, 2.45) is 0 Å². The zero-order valence-electron chi connectivity index (χ0n) is 17.5. The van der Waals surface area contributed by atoms with Gasteiger partial charge < -0.3 is 20.1 Å². The van der Waals surface area contributed by atoms with Crippen LogP contribution < -0.4 is 10.6 Å². The van der Waals surface area contributed by atoms with E-state index in [1.807, 2.05) is 0 Å². The highest BCUT2D eigenvalue weighted by Crippen LogP contribution is 2.04. The van der Waals surface area contributed by atoms with E-state index in [-0.39, 0.29) is 11.4 Å². The zero-order chi connectivity index (χ0) is 23.3. The Bertz CT molecular complexity index is 971. The number of rotatable bonds is 8. The topological polar surface area (TPSA) is 111 Å². The van der Waals surface area contributed by atoms with Crippen molar-refractivity contribution in [2.45, 2.75) is 0 Å². The van der Waals surface area contributed by atoms with Crippen molar-refractivity contribution in [3.63, 3.8) is 0 Å². The van der Waals surface area contributed by atoms with E-state index in [1.165, 1.54) is 38.5 Å². The summed E-state index contributed by atoms with van der Waals surface area (Å²) in [6.07, 6.45) is 5.40. The van der Waals surface area contributed by atoms with Crippen molar-refractivity contribution in [1.29, 1.82) is 0 Å². The molecule has 0 aliphatic heterocycles. The Labute approximate surface area is 185 Å². The van der Waals surface area contributed by atoms with Crippen molar-refractivity contribution in [2.75, 3.05) is 14.2 Å². The second-order valence-corrected chi connectivity index (χ2v) is 6.17. The molecule has 0 heterocycles. The van der Waals surface area contributed by atoms with Crippen LogP contribution in [0.1, 0.15) is 20.7 Å². The van der Waals surface area contributed by atoms with Gasteiger partial charge in [0.25, 0.3) is 11.8 Å². The third-order valence-corrected chi connectivity index (χ3v) is 4.02. The van der Waals surface area contributed by atoms with Gasteiger partial charge in [-0.05, 0) is 36.4 Å². The van der Waals surface area contributed by atoms with E-state index in [2.05, 4.69) is 20.1 Å². The maximum atomic E-state index is 12.3. The van der Waals surface area contributed by atoms with E-state index in [0.29, 0.717) is 11.1 Å². The summed E-state index contributed by atoms with van der Waals surface area (Å²) in [4.78, 5) is 48.5. The van der Waals surface area contributed by atoms with Gasteiger partial charge in [-0.25, -0.2) is 9.59 Å². The molecule has 0 radical (unpaired) electrons. The third-order valence-electron chi connectivity index (χ3n) is 4.02. The molecule has 2 aromatic rings. The van der Waals surface area contributed by atoms with Gasteiger partial charge in [0.2, 0.25) is 0 Å². The first kappa shape index (κ1) is 23.8. The Morgan fingerprint density at radius 3 is 1.28 bits per heavy atom. The number of amides is 2. The molecule has 2 rings (SSSR count). The molecule has 2 aromatic carbocycles. The lowest BCUT2D eigenvalue weighted by molar-refractivity contribution is -0.137. The lowest BCUT2D eigenvalue weighted by atomic mass is 10.2. The van der Waals surface area contributed by atoms with Crippen LogP contribution >= 0.6 is 0 Å². The molecule has 2 N–H and O–H groups in total. The van der Waals surface area contributed by atoms with Gasteiger partial charge in [0.05, 0.1) is 14.2 Å². The molecule has 0 bridgehead atoms. The summed E-state index contributed by atoms with van der Waals surface area (Å²) in [5.74, 6) is -2.49. The Morgan fingerprint density at radius 1 is 0.625 bits per heavy atom. The van der Waals surface area contributed by atoms with E-state index < -0.39 is 23.8 Å². The van der Waals surface area contributed by atoms with Crippen molar-refractivity contribution >= 4 is 23.8 Å². The highest BCUT2D eigenvalue weighted by Gasteiger charge is 2.15. The molecule has 0 saturated heterocycles. The molecular weight excluding hydrogens is 412 g/mol. The summed E-state index contributed by atoms with van der Waals surface area (Å²) in [7, 11) is 2.37. The molecule has 0 aromatic heterocycles. The minimum Gasteiger partial charge on any atom is -0.464 e. The normalized spacial score (nSPS) is 11.6. The SMILES string of the molecule is COC(=O)/C(=C/C=C/C=C(/NC(=O)c1ccccc1)C(=O)OC)NC(=O)c1ccccc1. The van der Waals surface area contributed by atoms with E-state index in [9.17, 15) is 19.2 Å². The van der Waals surface area contributed by atoms with Gasteiger partial charge in [-0.1, -0.05) is 48.6 Å². The molecule has 0 saturated carbocycles. The number of carbonyl (C=O) groups excluding carboxylic acids is 4. The molecular formula is C24H22N2O6. The van der Waals surface area contributed by atoms with Gasteiger partial charge in [-0.15, -0.1) is 0 Å². The monoisotopic (exact) mass is 434 g/mol. The molecule has 0 spiro atoms. The van der Waals surface area contributed by atoms with Gasteiger partial charge in [0, 0.05) is 11.1 Å². The van der Waals surface area contributed by atoms with Crippen LogP contribution in [0, 0.1) is 0 Å². The van der Waals surface area contributed by atoms with Crippen LogP contribution in [-0.4, -0.2) is 38.0 Å². The quantitative estimate of drug-likeness (QED) is 0.375. The van der Waals surface area contributed by atoms with Crippen molar-refractivity contribution in [3.8, 4) is 0 Å². The minimum absolute atomic E-state index is 0.112. The van der Waals surface area contributed by atoms with Crippen LogP contribution in [0.4, 0.5) is 0 Å². The Hall–Kier alpha value is -4.46. The van der Waals surface area contributed by atoms with Crippen LogP contribution in [0.5, 0.6) is 0 Å². The Morgan fingerprint density at radius 2 is 0.969 bits per heavy atom. The molecule has 0 fully saturated rings. The van der Waals surface area contributed by atoms with Gasteiger partial charge in [-0.2, -0.15) is 0 Å². The van der Waals surface area contributed by atoms with Crippen molar-refractivity contribution in [1.82, 2.24) is 10.6 Å². The Balaban J connectivity index is 2.18. The minimum atomic E-state index is -0.756. The third kappa shape index (κ3) is 7.10. The lowest BCUT2D eigenvalue weighted by Crippen LogP contribution is -2.28. The molecule has 8 nitrogen and oxygen atoms in total. The van der Waals surface area contributed by atoms with Gasteiger partial charge >= 0.3 is 11.9 Å². The summed E-state index contributed by atoms with van der Waals surface area (Å²) in [6.45, 7) is 0. The van der Waals surface area contributed by atoms with Gasteiger partial charge in [0.1, 0.15) is 11.4 Å². The van der Waals surface area contributed by atoms with Crippen LogP contribution in [-0.2, 0) is 19.1 Å². The predicted octanol–water partition coefficient (Wildman–Crippen LogP) is 2.52. The fraction of sp³-hybridized carbons (Fsp3) is 0.0833. The molecule has 0 atom stereocenters. The fourth-order valence-corrected chi connectivity index (χ4v) is 2.41. The van der Waals surface area contributed by atoms with Crippen LogP contribution in [0.25, 0.3) is 0 Å². The number of carbonyl (C=O) groups is 4. The van der Waals surface area contributed by atoms with Crippen LogP contribution in [0.3, 0.4) is 0 Å². The zero-order valence-corrected chi connectivity index (χ0v) is 17.5. The van der Waals surface area contributed by atoms with Crippen LogP contribution in [0.15, 0.2) is 96.4 Å². The maximum Gasteiger partial charge on any atom is 0.354 e. The number of methoxy groups -OCH3 is 2. The number of benzene rings is 2. The molecule has 0 aliphatic rings. The summed E-state index contributed by atoms with van der Waals surface area (Å²) in [5.41, 5.74) is 0.503. The molecule has 32 heavy (non-hydrogen) atoms. The number of ether oxygens (including phenoxy) is 2. The summed E-state index contributed by atoms with van der Waals surface area (Å²) >= 11 is 0. The number of esters is 2. The number of hydrogen-bond donors (Lipinski definition) is 2. The van der Waals surface area contributed by atoms with Gasteiger partial charge in [-0.3, -0.25) is 9.59 Å². The van der Waals surface area contributed by atoms with E-state index in [1.54, 1.807) is 60.7 Å². The maximum absolute atomic E-state index is 12.3. The van der Waals surface area contributed by atoms with Crippen molar-refractivity contribution < 1.29 is 28.7 Å². The molecule has 164 valence electrons. The van der Waals surface area contributed by atoms with E-state index in [4.69, 9.17) is 0 Å². The smallest absolute Gasteiger partial charge is 0.354 e. The number of allylic oxidation sites excluding steroid dienone is 4. The van der Waals surface area contributed by atoms with E-state index >= 15 is 0 Å². The number of nitrogens with one attached hydrogen (secondary N) is 2. The molecule has 0 aliphatic carbocycles. The average Bonchev–Trinajstić information content (AvgIpc) is 2.84. The average molecular weight is 434 g/mol. The first-order valence-electron chi connectivity index (χ1n) is 9.44. The van der Waals surface area contributed by atoms with Crippen molar-refractivity contribution in [3.05, 3.63) is 107 Å². The second kappa shape index (κ2) is 12.3. The highest BCUT2D eigenvalue weighted by molar-refractivity contribution is 6.02. The largest absolute Gasteiger partial charge is 0.464 e. The molecule has 2 amide bonds. The summed E-state index contributed by atoms with van der Waals surface area (Å²) in [5, 5.41) is 4.95. The van der Waals surface area contributed by atoms with E-state index in [0.717, 1.165) is 0 Å². The summed E-state index contributed by atoms with van der Waals surface area (Å²) in [6, 6.07) is 16.7. The first-order chi connectivity index (χ1) is 15.5. The molecule has 8 heteroatoms. The number of hydrogen-bond acceptors (Lipinski definition) is 6. The Kier molecular flexibility index (Phi) is 9.14. The highest BCUT2D eigenvalue weighted by atomic mass is 16.5. The molecule has 0 unspecified atom stereocenters.